The van der Waals surface area contributed by atoms with Gasteiger partial charge in [-0.1, -0.05) is 29.3 Å². The van der Waals surface area contributed by atoms with Gasteiger partial charge in [0, 0.05) is 34.8 Å². The molecule has 1 heterocycles. The number of rotatable bonds is 3. The van der Waals surface area contributed by atoms with E-state index in [-0.39, 0.29) is 11.2 Å². The number of thiol groups is 1. The first-order valence-electron chi connectivity index (χ1n) is 5.46. The Balaban J connectivity index is 1.96. The zero-order valence-electron chi connectivity index (χ0n) is 9.20. The number of amides is 1. The van der Waals surface area contributed by atoms with E-state index in [2.05, 4.69) is 12.6 Å². The third-order valence-corrected chi connectivity index (χ3v) is 3.79. The Morgan fingerprint density at radius 1 is 1.41 bits per heavy atom. The molecule has 1 fully saturated rings. The average molecular weight is 290 g/mol. The van der Waals surface area contributed by atoms with E-state index in [9.17, 15) is 4.79 Å². The quantitative estimate of drug-likeness (QED) is 0.848. The number of likely N-dealkylation sites (tertiary alicyclic amines) is 1. The van der Waals surface area contributed by atoms with Gasteiger partial charge in [0.2, 0.25) is 5.91 Å². The molecular weight excluding hydrogens is 277 g/mol. The lowest BCUT2D eigenvalue weighted by molar-refractivity contribution is -0.127. The summed E-state index contributed by atoms with van der Waals surface area (Å²) in [4.78, 5) is 13.4. The summed E-state index contributed by atoms with van der Waals surface area (Å²) >= 11 is 16.2. The largest absolute Gasteiger partial charge is 0.341 e. The maximum absolute atomic E-state index is 11.6. The van der Waals surface area contributed by atoms with Crippen LogP contribution in [-0.4, -0.2) is 29.1 Å². The highest BCUT2D eigenvalue weighted by atomic mass is 35.5. The first-order valence-corrected chi connectivity index (χ1v) is 6.73. The second-order valence-electron chi connectivity index (χ2n) is 4.18. The van der Waals surface area contributed by atoms with Crippen molar-refractivity contribution in [3.63, 3.8) is 0 Å². The van der Waals surface area contributed by atoms with Gasteiger partial charge in [-0.3, -0.25) is 4.79 Å². The highest BCUT2D eigenvalue weighted by Crippen LogP contribution is 2.22. The van der Waals surface area contributed by atoms with Crippen molar-refractivity contribution >= 4 is 41.7 Å². The lowest BCUT2D eigenvalue weighted by atomic mass is 10.1. The Hall–Kier alpha value is -0.380. The summed E-state index contributed by atoms with van der Waals surface area (Å²) in [5.41, 5.74) is 1.02. The van der Waals surface area contributed by atoms with Crippen LogP contribution in [0.1, 0.15) is 12.0 Å². The molecule has 92 valence electrons. The van der Waals surface area contributed by atoms with E-state index in [0.29, 0.717) is 23.0 Å². The number of carbonyl (C=O) groups is 1. The van der Waals surface area contributed by atoms with Crippen LogP contribution in [0.3, 0.4) is 0 Å². The number of hydrogen-bond acceptors (Lipinski definition) is 2. The van der Waals surface area contributed by atoms with Crippen molar-refractivity contribution in [1.29, 1.82) is 0 Å². The molecule has 1 aliphatic rings. The Bertz CT molecular complexity index is 439. The van der Waals surface area contributed by atoms with Crippen molar-refractivity contribution in [2.24, 2.45) is 0 Å². The zero-order valence-corrected chi connectivity index (χ0v) is 11.6. The van der Waals surface area contributed by atoms with E-state index in [0.717, 1.165) is 18.5 Å². The van der Waals surface area contributed by atoms with Crippen LogP contribution < -0.4 is 0 Å². The third-order valence-electron chi connectivity index (χ3n) is 2.86. The highest BCUT2D eigenvalue weighted by Gasteiger charge is 2.26. The van der Waals surface area contributed by atoms with E-state index in [1.165, 1.54) is 0 Å². The average Bonchev–Trinajstić information content (AvgIpc) is 2.56. The Morgan fingerprint density at radius 3 is 2.76 bits per heavy atom. The Labute approximate surface area is 116 Å². The first kappa shape index (κ1) is 13.1. The van der Waals surface area contributed by atoms with Gasteiger partial charge in [-0.2, -0.15) is 12.6 Å². The van der Waals surface area contributed by atoms with Gasteiger partial charge < -0.3 is 4.90 Å². The maximum atomic E-state index is 11.6. The minimum atomic E-state index is 0.170. The lowest BCUT2D eigenvalue weighted by Crippen LogP contribution is -2.27. The summed E-state index contributed by atoms with van der Waals surface area (Å²) in [5.74, 6) is 0.176. The molecule has 1 amide bonds. The van der Waals surface area contributed by atoms with Crippen LogP contribution >= 0.6 is 35.8 Å². The van der Waals surface area contributed by atoms with Crippen molar-refractivity contribution in [2.45, 2.75) is 18.1 Å². The van der Waals surface area contributed by atoms with Gasteiger partial charge in [-0.15, -0.1) is 0 Å². The molecule has 1 saturated heterocycles. The van der Waals surface area contributed by atoms with Crippen LogP contribution in [0.25, 0.3) is 0 Å². The second-order valence-corrected chi connectivity index (χ2v) is 5.76. The number of benzene rings is 1. The topological polar surface area (TPSA) is 20.3 Å². The molecular formula is C12H13Cl2NOS. The standard InChI is InChI=1S/C12H13Cl2NOS/c13-9-2-1-8(11(14)5-9)3-4-15-7-10(17)6-12(15)16/h1-2,5,10,17H,3-4,6-7H2. The SMILES string of the molecule is O=C1CC(S)CN1CCc1ccc(Cl)cc1Cl. The number of halogens is 2. The van der Waals surface area contributed by atoms with E-state index in [1.807, 2.05) is 17.0 Å². The fourth-order valence-corrected chi connectivity index (χ4v) is 2.80. The number of nitrogens with zero attached hydrogens (tertiary/aromatic N) is 1. The summed E-state index contributed by atoms with van der Waals surface area (Å²) < 4.78 is 0. The summed E-state index contributed by atoms with van der Waals surface area (Å²) in [5, 5.41) is 1.46. The molecule has 0 spiro atoms. The molecule has 1 aromatic rings. The van der Waals surface area contributed by atoms with Crippen LogP contribution in [0.2, 0.25) is 10.0 Å². The van der Waals surface area contributed by atoms with Crippen molar-refractivity contribution in [3.8, 4) is 0 Å². The molecule has 0 bridgehead atoms. The second kappa shape index (κ2) is 5.51. The summed E-state index contributed by atoms with van der Waals surface area (Å²) in [6, 6.07) is 5.45. The van der Waals surface area contributed by atoms with Crippen LogP contribution in [0.5, 0.6) is 0 Å². The molecule has 0 aliphatic carbocycles. The van der Waals surface area contributed by atoms with Crippen molar-refractivity contribution < 1.29 is 4.79 Å². The normalized spacial score (nSPS) is 20.1. The van der Waals surface area contributed by atoms with E-state index in [1.54, 1.807) is 6.07 Å². The first-order chi connectivity index (χ1) is 8.06. The Kier molecular flexibility index (Phi) is 4.23. The fraction of sp³-hybridized carbons (Fsp3) is 0.417. The van der Waals surface area contributed by atoms with E-state index < -0.39 is 0 Å². The number of carbonyl (C=O) groups excluding carboxylic acids is 1. The molecule has 17 heavy (non-hydrogen) atoms. The molecule has 1 aromatic carbocycles. The van der Waals surface area contributed by atoms with Gasteiger partial charge >= 0.3 is 0 Å². The van der Waals surface area contributed by atoms with Gasteiger partial charge in [0.15, 0.2) is 0 Å². The molecule has 1 atom stereocenters. The summed E-state index contributed by atoms with van der Waals surface area (Å²) in [6.45, 7) is 1.42. The predicted octanol–water partition coefficient (Wildman–Crippen LogP) is 3.07. The van der Waals surface area contributed by atoms with Gasteiger partial charge in [-0.05, 0) is 24.1 Å². The molecule has 2 rings (SSSR count). The summed E-state index contributed by atoms with van der Waals surface area (Å²) in [6.07, 6.45) is 1.29. The smallest absolute Gasteiger partial charge is 0.223 e. The van der Waals surface area contributed by atoms with Crippen molar-refractivity contribution in [2.75, 3.05) is 13.1 Å². The third kappa shape index (κ3) is 3.30. The van der Waals surface area contributed by atoms with Crippen LogP contribution in [-0.2, 0) is 11.2 Å². The van der Waals surface area contributed by atoms with Crippen LogP contribution in [0, 0.1) is 0 Å². The molecule has 0 N–H and O–H groups in total. The fourth-order valence-electron chi connectivity index (χ4n) is 1.95. The monoisotopic (exact) mass is 289 g/mol. The van der Waals surface area contributed by atoms with Gasteiger partial charge in [-0.25, -0.2) is 0 Å². The van der Waals surface area contributed by atoms with Crippen LogP contribution in [0.4, 0.5) is 0 Å². The Morgan fingerprint density at radius 2 is 2.18 bits per heavy atom. The molecule has 5 heteroatoms. The minimum absolute atomic E-state index is 0.170. The highest BCUT2D eigenvalue weighted by molar-refractivity contribution is 7.81. The molecule has 0 saturated carbocycles. The molecule has 1 aliphatic heterocycles. The predicted molar refractivity (Wildman–Crippen MR) is 74.1 cm³/mol. The lowest BCUT2D eigenvalue weighted by Gasteiger charge is -2.16. The van der Waals surface area contributed by atoms with Crippen molar-refractivity contribution in [1.82, 2.24) is 4.90 Å². The summed E-state index contributed by atoms with van der Waals surface area (Å²) in [7, 11) is 0. The zero-order chi connectivity index (χ0) is 12.4. The minimum Gasteiger partial charge on any atom is -0.341 e. The van der Waals surface area contributed by atoms with E-state index in [4.69, 9.17) is 23.2 Å². The molecule has 0 aromatic heterocycles. The molecule has 2 nitrogen and oxygen atoms in total. The molecule has 0 radical (unpaired) electrons. The van der Waals surface area contributed by atoms with Gasteiger partial charge in [0.25, 0.3) is 0 Å². The van der Waals surface area contributed by atoms with Gasteiger partial charge in [0.1, 0.15) is 0 Å². The van der Waals surface area contributed by atoms with Crippen LogP contribution in [0.15, 0.2) is 18.2 Å². The van der Waals surface area contributed by atoms with Gasteiger partial charge in [0.05, 0.1) is 0 Å². The molecule has 1 unspecified atom stereocenters. The maximum Gasteiger partial charge on any atom is 0.223 e. The van der Waals surface area contributed by atoms with E-state index >= 15 is 0 Å². The number of hydrogen-bond donors (Lipinski definition) is 1. The van der Waals surface area contributed by atoms with Crippen molar-refractivity contribution in [3.05, 3.63) is 33.8 Å².